The van der Waals surface area contributed by atoms with Gasteiger partial charge >= 0.3 is 0 Å². The molecule has 1 aliphatic rings. The van der Waals surface area contributed by atoms with Crippen LogP contribution >= 0.6 is 0 Å². The second-order valence-electron chi connectivity index (χ2n) is 10.9. The van der Waals surface area contributed by atoms with Crippen LogP contribution in [-0.4, -0.2) is 51.6 Å². The van der Waals surface area contributed by atoms with Crippen LogP contribution in [0, 0.1) is 0 Å². The number of piperidine rings is 1. The SMILES string of the molecule is CN1C(C)(C)CC(OCCC[Si](C)(c2ccccc2)[Si](C)c2ccccc2)CC1(C)C. The number of benzene rings is 2. The Balaban J connectivity index is 1.67. The molecule has 1 aliphatic heterocycles. The fourth-order valence-corrected chi connectivity index (χ4v) is 15.5. The number of rotatable bonds is 8. The summed E-state index contributed by atoms with van der Waals surface area (Å²) in [5.74, 6) is 0. The van der Waals surface area contributed by atoms with Crippen molar-refractivity contribution in [3.05, 3.63) is 60.7 Å². The molecule has 2 aromatic rings. The molecule has 1 fully saturated rings. The van der Waals surface area contributed by atoms with Gasteiger partial charge in [0.05, 0.1) is 22.0 Å². The number of hydrogen-bond donors (Lipinski definition) is 0. The average Bonchev–Trinajstić information content (AvgIpc) is 2.75. The molecule has 1 radical (unpaired) electrons. The minimum absolute atomic E-state index is 0.187. The van der Waals surface area contributed by atoms with E-state index in [1.165, 1.54) is 12.5 Å². The number of ether oxygens (including phenoxy) is 1. The van der Waals surface area contributed by atoms with E-state index in [1.54, 1.807) is 10.4 Å². The molecule has 1 saturated heterocycles. The molecule has 1 heterocycles. The summed E-state index contributed by atoms with van der Waals surface area (Å²) in [4.78, 5) is 2.53. The molecule has 3 rings (SSSR count). The summed E-state index contributed by atoms with van der Waals surface area (Å²) in [7, 11) is 0.0264. The standard InChI is InChI=1S/C27H42NOSi2/c1-26(2)21-23(22-27(3,4)28(26)5)29-19-14-20-31(7,25-17-12-9-13-18-25)30(6)24-15-10-8-11-16-24/h8-13,15-18,23H,14,19-22H2,1-7H3. The van der Waals surface area contributed by atoms with E-state index in [4.69, 9.17) is 4.74 Å². The highest BCUT2D eigenvalue weighted by atomic mass is 29.2. The zero-order valence-electron chi connectivity index (χ0n) is 20.7. The molecule has 0 N–H and O–H groups in total. The van der Waals surface area contributed by atoms with Gasteiger partial charge in [0.2, 0.25) is 0 Å². The Morgan fingerprint density at radius 2 is 1.45 bits per heavy atom. The summed E-state index contributed by atoms with van der Waals surface area (Å²) in [6, 6.07) is 23.9. The lowest BCUT2D eigenvalue weighted by Gasteiger charge is -2.53. The van der Waals surface area contributed by atoms with Crippen molar-refractivity contribution < 1.29 is 4.74 Å². The van der Waals surface area contributed by atoms with Crippen LogP contribution in [0.15, 0.2) is 60.7 Å². The molecular formula is C27H42NOSi2. The first-order valence-corrected chi connectivity index (χ1v) is 17.6. The Kier molecular flexibility index (Phi) is 7.68. The largest absolute Gasteiger partial charge is 0.378 e. The third-order valence-electron chi connectivity index (χ3n) is 7.89. The van der Waals surface area contributed by atoms with Gasteiger partial charge in [0, 0.05) is 17.7 Å². The predicted octanol–water partition coefficient (Wildman–Crippen LogP) is 5.14. The van der Waals surface area contributed by atoms with Crippen LogP contribution in [0.1, 0.15) is 47.0 Å². The van der Waals surface area contributed by atoms with Crippen molar-refractivity contribution in [1.82, 2.24) is 4.90 Å². The van der Waals surface area contributed by atoms with Gasteiger partial charge in [-0.15, -0.1) is 0 Å². The highest BCUT2D eigenvalue weighted by molar-refractivity contribution is 7.42. The highest BCUT2D eigenvalue weighted by Gasteiger charge is 2.43. The Morgan fingerprint density at radius 1 is 0.935 bits per heavy atom. The van der Waals surface area contributed by atoms with Gasteiger partial charge in [-0.1, -0.05) is 90.2 Å². The molecule has 169 valence electrons. The topological polar surface area (TPSA) is 12.5 Å². The van der Waals surface area contributed by atoms with Gasteiger partial charge in [0.25, 0.3) is 0 Å². The minimum atomic E-state index is -1.61. The van der Waals surface area contributed by atoms with Crippen LogP contribution in [0.2, 0.25) is 19.1 Å². The van der Waals surface area contributed by atoms with E-state index in [0.717, 1.165) is 19.4 Å². The summed E-state index contributed by atoms with van der Waals surface area (Å²) in [5, 5.41) is 3.18. The molecule has 1 atom stereocenters. The second-order valence-corrected chi connectivity index (χ2v) is 22.0. The van der Waals surface area contributed by atoms with Crippen LogP contribution in [-0.2, 0) is 4.74 Å². The first kappa shape index (κ1) is 24.4. The lowest BCUT2D eigenvalue weighted by molar-refractivity contribution is -0.0911. The van der Waals surface area contributed by atoms with E-state index in [-0.39, 0.29) is 11.1 Å². The molecule has 2 nitrogen and oxygen atoms in total. The van der Waals surface area contributed by atoms with Crippen LogP contribution in [0.3, 0.4) is 0 Å². The lowest BCUT2D eigenvalue weighted by Crippen LogP contribution is -2.62. The molecule has 0 aliphatic carbocycles. The molecule has 0 bridgehead atoms. The van der Waals surface area contributed by atoms with Gasteiger partial charge in [0.15, 0.2) is 0 Å². The predicted molar refractivity (Wildman–Crippen MR) is 140 cm³/mol. The maximum atomic E-state index is 6.53. The summed E-state index contributed by atoms with van der Waals surface area (Å²) in [6.45, 7) is 15.5. The van der Waals surface area contributed by atoms with Crippen molar-refractivity contribution in [3.63, 3.8) is 0 Å². The minimum Gasteiger partial charge on any atom is -0.378 e. The number of likely N-dealkylation sites (tertiary alicyclic amines) is 1. The molecule has 2 aromatic carbocycles. The molecule has 0 aromatic heterocycles. The maximum Gasteiger partial charge on any atom is 0.0800 e. The normalized spacial score (nSPS) is 21.2. The molecule has 0 amide bonds. The quantitative estimate of drug-likeness (QED) is 0.406. The van der Waals surface area contributed by atoms with E-state index < -0.39 is 15.9 Å². The molecule has 0 spiro atoms. The van der Waals surface area contributed by atoms with Crippen molar-refractivity contribution in [3.8, 4) is 0 Å². The lowest BCUT2D eigenvalue weighted by atomic mass is 9.79. The van der Waals surface area contributed by atoms with Crippen molar-refractivity contribution in [2.75, 3.05) is 13.7 Å². The summed E-state index contributed by atoms with van der Waals surface area (Å²) >= 11 is 0. The molecule has 1 unspecified atom stereocenters. The van der Waals surface area contributed by atoms with E-state index >= 15 is 0 Å². The summed E-state index contributed by atoms with van der Waals surface area (Å²) < 4.78 is 6.53. The van der Waals surface area contributed by atoms with E-state index in [0.29, 0.717) is 6.10 Å². The average molecular weight is 453 g/mol. The smallest absolute Gasteiger partial charge is 0.0800 e. The first-order chi connectivity index (χ1) is 14.6. The summed E-state index contributed by atoms with van der Waals surface area (Å²) in [6.07, 6.45) is 3.77. The van der Waals surface area contributed by atoms with Crippen LogP contribution in [0.5, 0.6) is 0 Å². The van der Waals surface area contributed by atoms with Gasteiger partial charge in [-0.25, -0.2) is 0 Å². The zero-order chi connectivity index (χ0) is 22.7. The second kappa shape index (κ2) is 9.74. The molecular weight excluding hydrogens is 410 g/mol. The number of nitrogens with zero attached hydrogens (tertiary/aromatic N) is 1. The zero-order valence-corrected chi connectivity index (χ0v) is 22.7. The van der Waals surface area contributed by atoms with Gasteiger partial charge in [-0.2, -0.15) is 0 Å². The van der Waals surface area contributed by atoms with Crippen LogP contribution < -0.4 is 10.4 Å². The summed E-state index contributed by atoms with van der Waals surface area (Å²) in [5.41, 5.74) is 0.374. The highest BCUT2D eigenvalue weighted by Crippen LogP contribution is 2.38. The Bertz CT molecular complexity index is 806. The van der Waals surface area contributed by atoms with Crippen molar-refractivity contribution in [1.29, 1.82) is 0 Å². The van der Waals surface area contributed by atoms with Gasteiger partial charge < -0.3 is 4.74 Å². The number of hydrogen-bond acceptors (Lipinski definition) is 2. The molecule has 0 saturated carbocycles. The van der Waals surface area contributed by atoms with E-state index in [9.17, 15) is 0 Å². The fourth-order valence-electron chi connectivity index (χ4n) is 5.43. The van der Waals surface area contributed by atoms with Gasteiger partial charge in [-0.05, 0) is 54.0 Å². The first-order valence-electron chi connectivity index (χ1n) is 11.9. The van der Waals surface area contributed by atoms with Crippen LogP contribution in [0.4, 0.5) is 0 Å². The Hall–Kier alpha value is -1.21. The Morgan fingerprint density at radius 3 is 2.00 bits per heavy atom. The monoisotopic (exact) mass is 452 g/mol. The van der Waals surface area contributed by atoms with Gasteiger partial charge in [0.1, 0.15) is 0 Å². The third kappa shape index (κ3) is 5.59. The van der Waals surface area contributed by atoms with Crippen molar-refractivity contribution in [2.45, 2.75) is 83.3 Å². The Labute approximate surface area is 193 Å². The maximum absolute atomic E-state index is 6.53. The van der Waals surface area contributed by atoms with E-state index in [2.05, 4.69) is 113 Å². The van der Waals surface area contributed by atoms with Crippen molar-refractivity contribution >= 4 is 26.3 Å². The molecule has 31 heavy (non-hydrogen) atoms. The molecule has 4 heteroatoms. The van der Waals surface area contributed by atoms with Crippen molar-refractivity contribution in [2.24, 2.45) is 0 Å². The van der Waals surface area contributed by atoms with Crippen LogP contribution in [0.25, 0.3) is 0 Å². The third-order valence-corrected chi connectivity index (χ3v) is 21.2. The fraction of sp³-hybridized carbons (Fsp3) is 0.556. The van der Waals surface area contributed by atoms with E-state index in [1.807, 2.05) is 0 Å². The van der Waals surface area contributed by atoms with Gasteiger partial charge in [-0.3, -0.25) is 4.90 Å².